The predicted octanol–water partition coefficient (Wildman–Crippen LogP) is 3.31. The summed E-state index contributed by atoms with van der Waals surface area (Å²) in [7, 11) is 0. The molecule has 98 valence electrons. The fourth-order valence-corrected chi connectivity index (χ4v) is 2.40. The van der Waals surface area contributed by atoms with Crippen molar-refractivity contribution in [3.8, 4) is 0 Å². The van der Waals surface area contributed by atoms with Gasteiger partial charge in [0, 0.05) is 21.4 Å². The number of hydrogen-bond donors (Lipinski definition) is 2. The topological polar surface area (TPSA) is 55.1 Å². The molecule has 2 rings (SSSR count). The van der Waals surface area contributed by atoms with Crippen LogP contribution in [0.3, 0.4) is 0 Å². The first-order valence-corrected chi connectivity index (χ1v) is 7.04. The standard InChI is InChI=1S/C15H15IN2O/c1-10-8-13(16)6-7-14(10)18-15(19)12-4-2-11(9-17)3-5-12/h2-8H,9,17H2,1H3,(H,18,19). The highest BCUT2D eigenvalue weighted by molar-refractivity contribution is 14.1. The number of amides is 1. The van der Waals surface area contributed by atoms with Gasteiger partial charge in [0.1, 0.15) is 0 Å². The third-order valence-electron chi connectivity index (χ3n) is 2.89. The summed E-state index contributed by atoms with van der Waals surface area (Å²) in [6.07, 6.45) is 0. The molecule has 0 spiro atoms. The average molecular weight is 366 g/mol. The molecular formula is C15H15IN2O. The quantitative estimate of drug-likeness (QED) is 0.819. The Morgan fingerprint density at radius 3 is 2.47 bits per heavy atom. The number of nitrogens with two attached hydrogens (primary N) is 1. The van der Waals surface area contributed by atoms with Crippen LogP contribution in [0.4, 0.5) is 5.69 Å². The van der Waals surface area contributed by atoms with Crippen molar-refractivity contribution in [2.45, 2.75) is 13.5 Å². The number of anilines is 1. The van der Waals surface area contributed by atoms with E-state index in [0.717, 1.165) is 20.4 Å². The highest BCUT2D eigenvalue weighted by atomic mass is 127. The van der Waals surface area contributed by atoms with Crippen molar-refractivity contribution >= 4 is 34.2 Å². The maximum absolute atomic E-state index is 12.1. The van der Waals surface area contributed by atoms with Gasteiger partial charge in [-0.15, -0.1) is 0 Å². The van der Waals surface area contributed by atoms with Gasteiger partial charge in [-0.3, -0.25) is 4.79 Å². The fourth-order valence-electron chi connectivity index (χ4n) is 1.75. The van der Waals surface area contributed by atoms with Gasteiger partial charge in [0.05, 0.1) is 0 Å². The van der Waals surface area contributed by atoms with Crippen molar-refractivity contribution < 1.29 is 4.79 Å². The molecule has 0 bridgehead atoms. The van der Waals surface area contributed by atoms with Crippen LogP contribution in [0.25, 0.3) is 0 Å². The van der Waals surface area contributed by atoms with E-state index in [2.05, 4.69) is 27.9 Å². The Morgan fingerprint density at radius 2 is 1.89 bits per heavy atom. The molecule has 2 aromatic carbocycles. The van der Waals surface area contributed by atoms with E-state index in [0.29, 0.717) is 12.1 Å². The van der Waals surface area contributed by atoms with Crippen LogP contribution in [0.2, 0.25) is 0 Å². The third kappa shape index (κ3) is 3.54. The molecule has 0 heterocycles. The number of halogens is 1. The van der Waals surface area contributed by atoms with E-state index in [1.807, 2.05) is 37.3 Å². The van der Waals surface area contributed by atoms with E-state index in [-0.39, 0.29) is 5.91 Å². The van der Waals surface area contributed by atoms with Gasteiger partial charge in [-0.1, -0.05) is 12.1 Å². The summed E-state index contributed by atoms with van der Waals surface area (Å²) in [5, 5.41) is 2.92. The highest BCUT2D eigenvalue weighted by Gasteiger charge is 2.07. The number of rotatable bonds is 3. The van der Waals surface area contributed by atoms with Crippen LogP contribution in [-0.4, -0.2) is 5.91 Å². The SMILES string of the molecule is Cc1cc(I)ccc1NC(=O)c1ccc(CN)cc1. The molecule has 0 aromatic heterocycles. The van der Waals surface area contributed by atoms with Crippen LogP contribution >= 0.6 is 22.6 Å². The van der Waals surface area contributed by atoms with Crippen molar-refractivity contribution in [1.82, 2.24) is 0 Å². The number of carbonyl (C=O) groups is 1. The third-order valence-corrected chi connectivity index (χ3v) is 3.56. The second-order valence-corrected chi connectivity index (χ2v) is 5.56. The molecule has 0 aliphatic heterocycles. The largest absolute Gasteiger partial charge is 0.326 e. The zero-order chi connectivity index (χ0) is 13.8. The molecule has 0 aliphatic rings. The van der Waals surface area contributed by atoms with Crippen molar-refractivity contribution in [2.24, 2.45) is 5.73 Å². The van der Waals surface area contributed by atoms with Crippen molar-refractivity contribution in [2.75, 3.05) is 5.32 Å². The van der Waals surface area contributed by atoms with Gasteiger partial charge >= 0.3 is 0 Å². The van der Waals surface area contributed by atoms with E-state index in [1.54, 1.807) is 12.1 Å². The first-order chi connectivity index (χ1) is 9.10. The Kier molecular flexibility index (Phi) is 4.55. The lowest BCUT2D eigenvalue weighted by atomic mass is 10.1. The number of aryl methyl sites for hydroxylation is 1. The molecule has 0 unspecified atom stereocenters. The Hall–Kier alpha value is -1.40. The molecular weight excluding hydrogens is 351 g/mol. The Bertz CT molecular complexity index is 594. The van der Waals surface area contributed by atoms with Gasteiger partial charge in [0.2, 0.25) is 0 Å². The molecule has 0 saturated carbocycles. The first kappa shape index (κ1) is 14.0. The molecule has 1 amide bonds. The fraction of sp³-hybridized carbons (Fsp3) is 0.133. The van der Waals surface area contributed by atoms with Crippen molar-refractivity contribution in [1.29, 1.82) is 0 Å². The summed E-state index contributed by atoms with van der Waals surface area (Å²) in [4.78, 5) is 12.1. The minimum absolute atomic E-state index is 0.104. The minimum atomic E-state index is -0.104. The Morgan fingerprint density at radius 1 is 1.21 bits per heavy atom. The molecule has 0 atom stereocenters. The molecule has 0 aliphatic carbocycles. The number of hydrogen-bond acceptors (Lipinski definition) is 2. The summed E-state index contributed by atoms with van der Waals surface area (Å²) >= 11 is 2.25. The van der Waals surface area contributed by atoms with Gasteiger partial charge in [-0.25, -0.2) is 0 Å². The summed E-state index contributed by atoms with van der Waals surface area (Å²) in [6, 6.07) is 13.3. The Labute approximate surface area is 126 Å². The molecule has 3 N–H and O–H groups in total. The van der Waals surface area contributed by atoms with Crippen LogP contribution < -0.4 is 11.1 Å². The monoisotopic (exact) mass is 366 g/mol. The Balaban J connectivity index is 2.15. The lowest BCUT2D eigenvalue weighted by Crippen LogP contribution is -2.13. The van der Waals surface area contributed by atoms with Crippen molar-refractivity contribution in [3.05, 3.63) is 62.7 Å². The van der Waals surface area contributed by atoms with Gasteiger partial charge in [-0.2, -0.15) is 0 Å². The zero-order valence-electron chi connectivity index (χ0n) is 10.6. The maximum Gasteiger partial charge on any atom is 0.255 e. The van der Waals surface area contributed by atoms with E-state index in [1.165, 1.54) is 0 Å². The predicted molar refractivity (Wildman–Crippen MR) is 86.2 cm³/mol. The summed E-state index contributed by atoms with van der Waals surface area (Å²) < 4.78 is 1.15. The second-order valence-electron chi connectivity index (χ2n) is 4.31. The normalized spacial score (nSPS) is 10.3. The molecule has 19 heavy (non-hydrogen) atoms. The van der Waals surface area contributed by atoms with Gasteiger partial charge in [0.25, 0.3) is 5.91 Å². The van der Waals surface area contributed by atoms with Crippen molar-refractivity contribution in [3.63, 3.8) is 0 Å². The number of carbonyl (C=O) groups excluding carboxylic acids is 1. The van der Waals surface area contributed by atoms with Crippen LogP contribution in [-0.2, 0) is 6.54 Å². The van der Waals surface area contributed by atoms with E-state index in [4.69, 9.17) is 5.73 Å². The molecule has 0 saturated heterocycles. The average Bonchev–Trinajstić information content (AvgIpc) is 2.42. The molecule has 4 heteroatoms. The zero-order valence-corrected chi connectivity index (χ0v) is 12.8. The summed E-state index contributed by atoms with van der Waals surface area (Å²) in [5.41, 5.74) is 9.08. The van der Waals surface area contributed by atoms with Crippen LogP contribution in [0.5, 0.6) is 0 Å². The summed E-state index contributed by atoms with van der Waals surface area (Å²) in [6.45, 7) is 2.47. The van der Waals surface area contributed by atoms with E-state index < -0.39 is 0 Å². The van der Waals surface area contributed by atoms with E-state index in [9.17, 15) is 4.79 Å². The first-order valence-electron chi connectivity index (χ1n) is 5.96. The highest BCUT2D eigenvalue weighted by Crippen LogP contribution is 2.18. The lowest BCUT2D eigenvalue weighted by Gasteiger charge is -2.09. The second kappa shape index (κ2) is 6.16. The smallest absolute Gasteiger partial charge is 0.255 e. The molecule has 2 aromatic rings. The van der Waals surface area contributed by atoms with Gasteiger partial charge in [-0.05, 0) is 71.0 Å². The minimum Gasteiger partial charge on any atom is -0.326 e. The van der Waals surface area contributed by atoms with Gasteiger partial charge < -0.3 is 11.1 Å². The number of nitrogens with one attached hydrogen (secondary N) is 1. The molecule has 3 nitrogen and oxygen atoms in total. The number of benzene rings is 2. The van der Waals surface area contributed by atoms with Crippen LogP contribution in [0, 0.1) is 10.5 Å². The molecule has 0 radical (unpaired) electrons. The van der Waals surface area contributed by atoms with Gasteiger partial charge in [0.15, 0.2) is 0 Å². The summed E-state index contributed by atoms with van der Waals surface area (Å²) in [5.74, 6) is -0.104. The van der Waals surface area contributed by atoms with Crippen LogP contribution in [0.1, 0.15) is 21.5 Å². The molecule has 0 fully saturated rings. The lowest BCUT2D eigenvalue weighted by molar-refractivity contribution is 0.102. The van der Waals surface area contributed by atoms with E-state index >= 15 is 0 Å². The van der Waals surface area contributed by atoms with Crippen LogP contribution in [0.15, 0.2) is 42.5 Å². The maximum atomic E-state index is 12.1.